The van der Waals surface area contributed by atoms with Crippen LogP contribution in [-0.4, -0.2) is 54.1 Å². The van der Waals surface area contributed by atoms with Crippen LogP contribution in [0.2, 0.25) is 0 Å². The van der Waals surface area contributed by atoms with Crippen LogP contribution in [0.5, 0.6) is 0 Å². The van der Waals surface area contributed by atoms with E-state index in [0.29, 0.717) is 11.6 Å². The highest BCUT2D eigenvalue weighted by Crippen LogP contribution is 2.29. The molecule has 3 aromatic rings. The fourth-order valence-electron chi connectivity index (χ4n) is 3.50. The van der Waals surface area contributed by atoms with E-state index in [2.05, 4.69) is 28.3 Å². The molecule has 6 nitrogen and oxygen atoms in total. The van der Waals surface area contributed by atoms with Gasteiger partial charge in [0.2, 0.25) is 0 Å². The van der Waals surface area contributed by atoms with E-state index in [4.69, 9.17) is 9.72 Å². The summed E-state index contributed by atoms with van der Waals surface area (Å²) in [5.41, 5.74) is 4.28. The van der Waals surface area contributed by atoms with Crippen LogP contribution in [0.25, 0.3) is 22.2 Å². The van der Waals surface area contributed by atoms with E-state index in [1.807, 2.05) is 38.2 Å². The third kappa shape index (κ3) is 4.71. The summed E-state index contributed by atoms with van der Waals surface area (Å²) >= 11 is 0. The summed E-state index contributed by atoms with van der Waals surface area (Å²) in [5.74, 6) is -0.341. The molecule has 4 rings (SSSR count). The van der Waals surface area contributed by atoms with Crippen LogP contribution in [0, 0.1) is 0 Å². The first-order valence-corrected chi connectivity index (χ1v) is 10.0. The number of ether oxygens (including phenoxy) is 1. The molecule has 152 valence electrons. The number of methoxy groups -OCH3 is 1. The first-order chi connectivity index (χ1) is 14.1. The molecular formula is C23H28N4O2. The van der Waals surface area contributed by atoms with Gasteiger partial charge in [-0.2, -0.15) is 0 Å². The Labute approximate surface area is 171 Å². The first kappa shape index (κ1) is 20.7. The molecule has 1 N–H and O–H groups in total. The fraction of sp³-hybridized carbons (Fsp3) is 0.348. The zero-order valence-corrected chi connectivity index (χ0v) is 17.5. The zero-order chi connectivity index (χ0) is 20.8. The minimum Gasteiger partial charge on any atom is -0.465 e. The van der Waals surface area contributed by atoms with E-state index in [1.54, 1.807) is 18.3 Å². The average molecular weight is 393 g/mol. The largest absolute Gasteiger partial charge is 0.465 e. The molecule has 1 aliphatic heterocycles. The maximum atomic E-state index is 11.7. The Morgan fingerprint density at radius 2 is 1.97 bits per heavy atom. The second-order valence-electron chi connectivity index (χ2n) is 6.91. The van der Waals surface area contributed by atoms with E-state index in [9.17, 15) is 4.79 Å². The summed E-state index contributed by atoms with van der Waals surface area (Å²) in [5, 5.41) is 4.68. The molecule has 1 fully saturated rings. The molecule has 0 radical (unpaired) electrons. The number of likely N-dealkylation sites (tertiary alicyclic amines) is 1. The van der Waals surface area contributed by atoms with Crippen LogP contribution in [0.4, 0.5) is 5.69 Å². The van der Waals surface area contributed by atoms with Crippen molar-refractivity contribution < 1.29 is 9.53 Å². The van der Waals surface area contributed by atoms with Crippen LogP contribution < -0.4 is 5.32 Å². The van der Waals surface area contributed by atoms with Crippen LogP contribution in [0.15, 0.2) is 48.8 Å². The van der Waals surface area contributed by atoms with Crippen LogP contribution >= 0.6 is 0 Å². The van der Waals surface area contributed by atoms with Crippen molar-refractivity contribution in [1.29, 1.82) is 0 Å². The number of benzene rings is 1. The number of carbonyl (C=O) groups is 1. The van der Waals surface area contributed by atoms with E-state index < -0.39 is 0 Å². The zero-order valence-electron chi connectivity index (χ0n) is 17.5. The predicted octanol–water partition coefficient (Wildman–Crippen LogP) is 4.23. The predicted molar refractivity (Wildman–Crippen MR) is 117 cm³/mol. The van der Waals surface area contributed by atoms with Gasteiger partial charge in [-0.25, -0.2) is 9.78 Å². The standard InChI is InChI=1S/C21H22N4O2.C2H6/c1-25-10-8-16(13-25)23-20-11-19(24-18-7-9-22-12-17(18)20)14-3-5-15(6-4-14)21(26)27-2;1-2/h3-7,9,11-12,16H,8,10,13H2,1-2H3,(H,23,24);1-2H3. The molecule has 1 aliphatic rings. The number of nitrogens with one attached hydrogen (secondary N) is 1. The SMILES string of the molecule is CC.COC(=O)c1ccc(-c2cc(NC3CCN(C)C3)c3cnccc3n2)cc1. The number of hydrogen-bond acceptors (Lipinski definition) is 6. The Kier molecular flexibility index (Phi) is 6.77. The van der Waals surface area contributed by atoms with Crippen LogP contribution in [0.3, 0.4) is 0 Å². The number of pyridine rings is 2. The lowest BCUT2D eigenvalue weighted by Gasteiger charge is -2.17. The van der Waals surface area contributed by atoms with Crippen molar-refractivity contribution >= 4 is 22.6 Å². The van der Waals surface area contributed by atoms with Crippen LogP contribution in [0.1, 0.15) is 30.6 Å². The third-order valence-corrected chi connectivity index (χ3v) is 4.96. The molecular weight excluding hydrogens is 364 g/mol. The molecule has 1 aromatic carbocycles. The van der Waals surface area contributed by atoms with Crippen molar-refractivity contribution in [3.63, 3.8) is 0 Å². The fourth-order valence-corrected chi connectivity index (χ4v) is 3.50. The lowest BCUT2D eigenvalue weighted by Crippen LogP contribution is -2.23. The highest BCUT2D eigenvalue weighted by molar-refractivity contribution is 5.94. The molecule has 2 aromatic heterocycles. The number of likely N-dealkylation sites (N-methyl/N-ethyl adjacent to an activating group) is 1. The van der Waals surface area contributed by atoms with Gasteiger partial charge in [-0.3, -0.25) is 4.98 Å². The van der Waals surface area contributed by atoms with Crippen molar-refractivity contribution in [3.8, 4) is 11.3 Å². The molecule has 1 saturated heterocycles. The molecule has 29 heavy (non-hydrogen) atoms. The smallest absolute Gasteiger partial charge is 0.337 e. The number of anilines is 1. The number of rotatable bonds is 4. The van der Waals surface area contributed by atoms with Crippen LogP contribution in [-0.2, 0) is 4.74 Å². The summed E-state index contributed by atoms with van der Waals surface area (Å²) < 4.78 is 4.77. The van der Waals surface area contributed by atoms with Gasteiger partial charge in [-0.1, -0.05) is 26.0 Å². The maximum Gasteiger partial charge on any atom is 0.337 e. The summed E-state index contributed by atoms with van der Waals surface area (Å²) in [6, 6.07) is 11.7. The summed E-state index contributed by atoms with van der Waals surface area (Å²) in [7, 11) is 3.52. The summed E-state index contributed by atoms with van der Waals surface area (Å²) in [6.07, 6.45) is 4.73. The Balaban J connectivity index is 0.00000117. The van der Waals surface area contributed by atoms with Gasteiger partial charge in [0, 0.05) is 41.6 Å². The van der Waals surface area contributed by atoms with Crippen molar-refractivity contribution in [2.24, 2.45) is 0 Å². The molecule has 0 spiro atoms. The Morgan fingerprint density at radius 1 is 1.21 bits per heavy atom. The minimum absolute atomic E-state index is 0.341. The molecule has 0 saturated carbocycles. The molecule has 1 atom stereocenters. The Bertz CT molecular complexity index is 972. The number of hydrogen-bond donors (Lipinski definition) is 1. The lowest BCUT2D eigenvalue weighted by atomic mass is 10.1. The van der Waals surface area contributed by atoms with Gasteiger partial charge in [0.15, 0.2) is 0 Å². The molecule has 3 heterocycles. The highest BCUT2D eigenvalue weighted by atomic mass is 16.5. The van der Waals surface area contributed by atoms with Gasteiger partial charge < -0.3 is 15.0 Å². The van der Waals surface area contributed by atoms with E-state index in [1.165, 1.54) is 7.11 Å². The number of aromatic nitrogens is 2. The molecule has 0 bridgehead atoms. The monoisotopic (exact) mass is 392 g/mol. The topological polar surface area (TPSA) is 67.3 Å². The summed E-state index contributed by atoms with van der Waals surface area (Å²) in [6.45, 7) is 6.12. The normalized spacial score (nSPS) is 16.2. The number of carbonyl (C=O) groups excluding carboxylic acids is 1. The van der Waals surface area contributed by atoms with Crippen molar-refractivity contribution in [3.05, 3.63) is 54.4 Å². The van der Waals surface area contributed by atoms with Gasteiger partial charge >= 0.3 is 5.97 Å². The van der Waals surface area contributed by atoms with E-state index >= 15 is 0 Å². The maximum absolute atomic E-state index is 11.7. The first-order valence-electron chi connectivity index (χ1n) is 10.0. The lowest BCUT2D eigenvalue weighted by molar-refractivity contribution is 0.0601. The van der Waals surface area contributed by atoms with Crippen molar-refractivity contribution in [1.82, 2.24) is 14.9 Å². The second kappa shape index (κ2) is 9.47. The third-order valence-electron chi connectivity index (χ3n) is 4.96. The summed E-state index contributed by atoms with van der Waals surface area (Å²) in [4.78, 5) is 23.0. The van der Waals surface area contributed by atoms with E-state index in [0.717, 1.165) is 47.4 Å². The highest BCUT2D eigenvalue weighted by Gasteiger charge is 2.20. The quantitative estimate of drug-likeness (QED) is 0.671. The van der Waals surface area contributed by atoms with Crippen molar-refractivity contribution in [2.45, 2.75) is 26.3 Å². The molecule has 6 heteroatoms. The molecule has 0 amide bonds. The average Bonchev–Trinajstić information content (AvgIpc) is 3.19. The van der Waals surface area contributed by atoms with Gasteiger partial charge in [-0.05, 0) is 44.3 Å². The van der Waals surface area contributed by atoms with E-state index in [-0.39, 0.29) is 5.97 Å². The van der Waals surface area contributed by atoms with Crippen molar-refractivity contribution in [2.75, 3.05) is 32.6 Å². The Hall–Kier alpha value is -2.99. The number of nitrogens with zero attached hydrogens (tertiary/aromatic N) is 3. The van der Waals surface area contributed by atoms with Gasteiger partial charge in [0.25, 0.3) is 0 Å². The molecule has 0 aliphatic carbocycles. The molecule has 1 unspecified atom stereocenters. The number of fused-ring (bicyclic) bond motifs is 1. The second-order valence-corrected chi connectivity index (χ2v) is 6.91. The number of esters is 1. The Morgan fingerprint density at radius 3 is 2.62 bits per heavy atom. The minimum atomic E-state index is -0.341. The van der Waals surface area contributed by atoms with Gasteiger partial charge in [0.05, 0.1) is 23.9 Å². The van der Waals surface area contributed by atoms with Gasteiger partial charge in [-0.15, -0.1) is 0 Å². The van der Waals surface area contributed by atoms with Gasteiger partial charge in [0.1, 0.15) is 0 Å².